The van der Waals surface area contributed by atoms with Crippen LogP contribution in [0, 0.1) is 0 Å². The quantitative estimate of drug-likeness (QED) is 0.939. The van der Waals surface area contributed by atoms with E-state index in [1.54, 1.807) is 11.1 Å². The van der Waals surface area contributed by atoms with Gasteiger partial charge < -0.3 is 10.2 Å². The van der Waals surface area contributed by atoms with Crippen LogP contribution in [0.5, 0.6) is 0 Å². The summed E-state index contributed by atoms with van der Waals surface area (Å²) in [4.78, 5) is 30.3. The van der Waals surface area contributed by atoms with Crippen molar-refractivity contribution in [2.24, 2.45) is 0 Å². The summed E-state index contributed by atoms with van der Waals surface area (Å²) in [7, 11) is 0. The lowest BCUT2D eigenvalue weighted by molar-refractivity contribution is -0.122. The number of carbonyl (C=O) groups excluding carboxylic acids is 2. The molecule has 0 spiro atoms. The molecule has 1 atom stereocenters. The van der Waals surface area contributed by atoms with Gasteiger partial charge >= 0.3 is 0 Å². The van der Waals surface area contributed by atoms with Crippen LogP contribution in [0.1, 0.15) is 33.9 Å². The molecule has 0 saturated carbocycles. The monoisotopic (exact) mass is 315 g/mol. The number of hydrogen-bond acceptors (Lipinski definition) is 4. The van der Waals surface area contributed by atoms with Crippen LogP contribution < -0.4 is 5.32 Å². The Labute approximate surface area is 133 Å². The van der Waals surface area contributed by atoms with E-state index in [1.807, 2.05) is 36.6 Å². The van der Waals surface area contributed by atoms with Gasteiger partial charge in [0.15, 0.2) is 0 Å². The zero-order chi connectivity index (χ0) is 15.5. The zero-order valence-electron chi connectivity index (χ0n) is 12.3. The van der Waals surface area contributed by atoms with Crippen LogP contribution >= 0.6 is 11.3 Å². The second-order valence-corrected chi connectivity index (χ2v) is 6.22. The van der Waals surface area contributed by atoms with Crippen molar-refractivity contribution in [2.75, 3.05) is 13.1 Å². The fourth-order valence-electron chi connectivity index (χ4n) is 2.60. The SMILES string of the molecule is C[C@@H](NC(=O)CN1CCc2ccccc2C1=O)c1nccs1. The van der Waals surface area contributed by atoms with Crippen LogP contribution in [0.2, 0.25) is 0 Å². The average molecular weight is 315 g/mol. The van der Waals surface area contributed by atoms with Crippen molar-refractivity contribution in [3.8, 4) is 0 Å². The van der Waals surface area contributed by atoms with Crippen molar-refractivity contribution < 1.29 is 9.59 Å². The maximum absolute atomic E-state index is 12.4. The lowest BCUT2D eigenvalue weighted by Gasteiger charge is -2.28. The Balaban J connectivity index is 1.62. The molecule has 1 aliphatic heterocycles. The normalized spacial score (nSPS) is 15.3. The number of amides is 2. The van der Waals surface area contributed by atoms with E-state index >= 15 is 0 Å². The first-order chi connectivity index (χ1) is 10.6. The predicted octanol–water partition coefficient (Wildman–Crippen LogP) is 2.02. The molecule has 0 saturated heterocycles. The standard InChI is InChI=1S/C16H17N3O2S/c1-11(15-17-7-9-22-15)18-14(20)10-19-8-6-12-4-2-3-5-13(12)16(19)21/h2-5,7,9,11H,6,8,10H2,1H3,(H,18,20)/t11-/m1/s1. The molecule has 0 bridgehead atoms. The van der Waals surface area contributed by atoms with Crippen molar-refractivity contribution >= 4 is 23.2 Å². The summed E-state index contributed by atoms with van der Waals surface area (Å²) in [5, 5.41) is 5.63. The summed E-state index contributed by atoms with van der Waals surface area (Å²) in [5.74, 6) is -0.227. The summed E-state index contributed by atoms with van der Waals surface area (Å²) in [6, 6.07) is 7.43. The molecular weight excluding hydrogens is 298 g/mol. The average Bonchev–Trinajstić information content (AvgIpc) is 3.05. The number of hydrogen-bond donors (Lipinski definition) is 1. The molecular formula is C16H17N3O2S. The van der Waals surface area contributed by atoms with Crippen LogP contribution in [0.25, 0.3) is 0 Å². The van der Waals surface area contributed by atoms with Crippen molar-refractivity contribution in [1.29, 1.82) is 0 Å². The first-order valence-electron chi connectivity index (χ1n) is 7.21. The van der Waals surface area contributed by atoms with Crippen LogP contribution in [0.3, 0.4) is 0 Å². The molecule has 2 aromatic rings. The second-order valence-electron chi connectivity index (χ2n) is 5.29. The van der Waals surface area contributed by atoms with Crippen molar-refractivity contribution in [3.63, 3.8) is 0 Å². The Morgan fingerprint density at radius 2 is 2.27 bits per heavy atom. The van der Waals surface area contributed by atoms with Gasteiger partial charge in [0, 0.05) is 23.7 Å². The molecule has 114 valence electrons. The second kappa shape index (κ2) is 6.27. The summed E-state index contributed by atoms with van der Waals surface area (Å²) in [6.45, 7) is 2.56. The van der Waals surface area contributed by atoms with E-state index in [-0.39, 0.29) is 24.4 Å². The van der Waals surface area contributed by atoms with Gasteiger partial charge in [0.1, 0.15) is 5.01 Å². The van der Waals surface area contributed by atoms with E-state index in [2.05, 4.69) is 10.3 Å². The summed E-state index contributed by atoms with van der Waals surface area (Å²) < 4.78 is 0. The first-order valence-corrected chi connectivity index (χ1v) is 8.09. The Bertz CT molecular complexity index is 684. The molecule has 3 rings (SSSR count). The molecule has 6 heteroatoms. The molecule has 0 unspecified atom stereocenters. The van der Waals surface area contributed by atoms with E-state index in [1.165, 1.54) is 11.3 Å². The van der Waals surface area contributed by atoms with Gasteiger partial charge in [-0.3, -0.25) is 9.59 Å². The number of thiazole rings is 1. The summed E-state index contributed by atoms with van der Waals surface area (Å²) in [6.07, 6.45) is 2.50. The number of carbonyl (C=O) groups is 2. The lowest BCUT2D eigenvalue weighted by atomic mass is 9.99. The summed E-state index contributed by atoms with van der Waals surface area (Å²) >= 11 is 1.50. The first kappa shape index (κ1) is 14.7. The highest BCUT2D eigenvalue weighted by atomic mass is 32.1. The zero-order valence-corrected chi connectivity index (χ0v) is 13.1. The van der Waals surface area contributed by atoms with E-state index in [9.17, 15) is 9.59 Å². The van der Waals surface area contributed by atoms with Crippen LogP contribution in [0.15, 0.2) is 35.8 Å². The molecule has 0 aliphatic carbocycles. The van der Waals surface area contributed by atoms with Gasteiger partial charge in [-0.25, -0.2) is 4.98 Å². The maximum atomic E-state index is 12.4. The van der Waals surface area contributed by atoms with Crippen molar-refractivity contribution in [3.05, 3.63) is 52.0 Å². The Kier molecular flexibility index (Phi) is 4.20. The molecule has 1 aromatic carbocycles. The fourth-order valence-corrected chi connectivity index (χ4v) is 3.24. The number of nitrogens with one attached hydrogen (secondary N) is 1. The largest absolute Gasteiger partial charge is 0.346 e. The molecule has 0 fully saturated rings. The van der Waals surface area contributed by atoms with Crippen LogP contribution in [0.4, 0.5) is 0 Å². The number of aromatic nitrogens is 1. The third-order valence-corrected chi connectivity index (χ3v) is 4.68. The van der Waals surface area contributed by atoms with Crippen molar-refractivity contribution in [1.82, 2.24) is 15.2 Å². The third kappa shape index (κ3) is 3.01. The minimum Gasteiger partial charge on any atom is -0.346 e. The molecule has 5 nitrogen and oxygen atoms in total. The van der Waals surface area contributed by atoms with E-state index in [0.29, 0.717) is 12.1 Å². The molecule has 2 amide bonds. The molecule has 1 aliphatic rings. The maximum Gasteiger partial charge on any atom is 0.254 e. The molecule has 1 aromatic heterocycles. The minimum absolute atomic E-state index is 0.0705. The molecule has 0 radical (unpaired) electrons. The summed E-state index contributed by atoms with van der Waals surface area (Å²) in [5.41, 5.74) is 1.76. The smallest absolute Gasteiger partial charge is 0.254 e. The van der Waals surface area contributed by atoms with Gasteiger partial charge in [-0.05, 0) is 25.0 Å². The Hall–Kier alpha value is -2.21. The Morgan fingerprint density at radius 1 is 1.45 bits per heavy atom. The Morgan fingerprint density at radius 3 is 3.05 bits per heavy atom. The minimum atomic E-state index is -0.157. The highest BCUT2D eigenvalue weighted by molar-refractivity contribution is 7.09. The number of nitrogens with zero attached hydrogens (tertiary/aromatic N) is 2. The molecule has 22 heavy (non-hydrogen) atoms. The van der Waals surface area contributed by atoms with Crippen LogP contribution in [-0.2, 0) is 11.2 Å². The fraction of sp³-hybridized carbons (Fsp3) is 0.312. The van der Waals surface area contributed by atoms with Crippen LogP contribution in [-0.4, -0.2) is 34.8 Å². The van der Waals surface area contributed by atoms with Gasteiger partial charge in [0.2, 0.25) is 5.91 Å². The molecule has 1 N–H and O–H groups in total. The number of rotatable bonds is 4. The highest BCUT2D eigenvalue weighted by Crippen LogP contribution is 2.19. The highest BCUT2D eigenvalue weighted by Gasteiger charge is 2.25. The van der Waals surface area contributed by atoms with Gasteiger partial charge in [0.05, 0.1) is 12.6 Å². The van der Waals surface area contributed by atoms with Crippen molar-refractivity contribution in [2.45, 2.75) is 19.4 Å². The number of benzene rings is 1. The predicted molar refractivity (Wildman–Crippen MR) is 84.7 cm³/mol. The molecule has 2 heterocycles. The topological polar surface area (TPSA) is 62.3 Å². The van der Waals surface area contributed by atoms with Gasteiger partial charge in [-0.2, -0.15) is 0 Å². The third-order valence-electron chi connectivity index (χ3n) is 3.72. The van der Waals surface area contributed by atoms with Gasteiger partial charge in [0.25, 0.3) is 5.91 Å². The number of fused-ring (bicyclic) bond motifs is 1. The van der Waals surface area contributed by atoms with E-state index in [4.69, 9.17) is 0 Å². The van der Waals surface area contributed by atoms with Gasteiger partial charge in [-0.1, -0.05) is 18.2 Å². The van der Waals surface area contributed by atoms with Gasteiger partial charge in [-0.15, -0.1) is 11.3 Å². The lowest BCUT2D eigenvalue weighted by Crippen LogP contribution is -2.44. The van der Waals surface area contributed by atoms with E-state index < -0.39 is 0 Å². The van der Waals surface area contributed by atoms with E-state index in [0.717, 1.165) is 17.0 Å².